The van der Waals surface area contributed by atoms with Crippen molar-refractivity contribution < 1.29 is 0 Å². The lowest BCUT2D eigenvalue weighted by molar-refractivity contribution is 0.672. The van der Waals surface area contributed by atoms with Crippen LogP contribution < -0.4 is 5.32 Å². The zero-order valence-corrected chi connectivity index (χ0v) is 13.9. The lowest BCUT2D eigenvalue weighted by Gasteiger charge is -2.05. The molecule has 1 aromatic carbocycles. The van der Waals surface area contributed by atoms with Crippen LogP contribution in [-0.4, -0.2) is 9.38 Å². The summed E-state index contributed by atoms with van der Waals surface area (Å²) in [6, 6.07) is 8.40. The second-order valence-corrected chi connectivity index (χ2v) is 7.00. The van der Waals surface area contributed by atoms with Gasteiger partial charge in [-0.3, -0.25) is 4.40 Å². The van der Waals surface area contributed by atoms with Crippen LogP contribution in [-0.2, 0) is 13.1 Å². The number of fused-ring (bicyclic) bond motifs is 1. The van der Waals surface area contributed by atoms with Crippen molar-refractivity contribution in [2.45, 2.75) is 26.9 Å². The standard InChI is InChI=1S/C15H16BrN3S/c1-10-9-19-14(11(2)18-15(19)20-10)8-17-7-12-3-5-13(16)6-4-12/h3-6,9,17H,7-8H2,1-2H3. The summed E-state index contributed by atoms with van der Waals surface area (Å²) in [7, 11) is 0. The van der Waals surface area contributed by atoms with Gasteiger partial charge in [0.15, 0.2) is 4.96 Å². The molecular formula is C15H16BrN3S. The van der Waals surface area contributed by atoms with E-state index in [0.717, 1.165) is 28.2 Å². The number of thiazole rings is 1. The molecule has 3 rings (SSSR count). The van der Waals surface area contributed by atoms with Gasteiger partial charge >= 0.3 is 0 Å². The Hall–Kier alpha value is -1.17. The van der Waals surface area contributed by atoms with Gasteiger partial charge in [-0.25, -0.2) is 4.98 Å². The van der Waals surface area contributed by atoms with Gasteiger partial charge in [-0.05, 0) is 31.5 Å². The molecule has 3 aromatic rings. The molecule has 0 saturated carbocycles. The molecule has 0 saturated heterocycles. The van der Waals surface area contributed by atoms with Gasteiger partial charge in [0.05, 0.1) is 11.4 Å². The van der Waals surface area contributed by atoms with E-state index in [2.05, 4.69) is 74.9 Å². The summed E-state index contributed by atoms with van der Waals surface area (Å²) in [6.07, 6.45) is 2.16. The molecule has 1 N–H and O–H groups in total. The summed E-state index contributed by atoms with van der Waals surface area (Å²) in [5, 5.41) is 3.49. The summed E-state index contributed by atoms with van der Waals surface area (Å²) >= 11 is 5.19. The first-order valence-electron chi connectivity index (χ1n) is 6.52. The second-order valence-electron chi connectivity index (χ2n) is 4.87. The van der Waals surface area contributed by atoms with E-state index in [-0.39, 0.29) is 0 Å². The van der Waals surface area contributed by atoms with Gasteiger partial charge < -0.3 is 5.32 Å². The van der Waals surface area contributed by atoms with Crippen LogP contribution in [0, 0.1) is 13.8 Å². The van der Waals surface area contributed by atoms with Crippen LogP contribution in [0.1, 0.15) is 21.8 Å². The largest absolute Gasteiger partial charge is 0.307 e. The lowest BCUT2D eigenvalue weighted by atomic mass is 10.2. The highest BCUT2D eigenvalue weighted by atomic mass is 79.9. The number of rotatable bonds is 4. The number of aryl methyl sites for hydroxylation is 2. The SMILES string of the molecule is Cc1cn2c(CNCc3ccc(Br)cc3)c(C)nc2s1. The third-order valence-electron chi connectivity index (χ3n) is 3.28. The molecule has 0 amide bonds. The third kappa shape index (κ3) is 2.80. The van der Waals surface area contributed by atoms with Gasteiger partial charge in [-0.15, -0.1) is 11.3 Å². The Morgan fingerprint density at radius 3 is 2.70 bits per heavy atom. The van der Waals surface area contributed by atoms with E-state index in [1.54, 1.807) is 11.3 Å². The van der Waals surface area contributed by atoms with Gasteiger partial charge in [0, 0.05) is 28.6 Å². The predicted octanol–water partition coefficient (Wildman–Crippen LogP) is 4.06. The molecule has 0 radical (unpaired) electrons. The van der Waals surface area contributed by atoms with Crippen molar-refractivity contribution in [3.05, 3.63) is 56.8 Å². The number of imidazole rings is 1. The normalized spacial score (nSPS) is 11.3. The molecule has 0 aliphatic heterocycles. The molecule has 2 heterocycles. The van der Waals surface area contributed by atoms with E-state index in [0.29, 0.717) is 0 Å². The quantitative estimate of drug-likeness (QED) is 0.769. The molecule has 0 aliphatic rings. The van der Waals surface area contributed by atoms with E-state index >= 15 is 0 Å². The summed E-state index contributed by atoms with van der Waals surface area (Å²) in [5.41, 5.74) is 3.65. The molecule has 0 aliphatic carbocycles. The highest BCUT2D eigenvalue weighted by molar-refractivity contribution is 9.10. The van der Waals surface area contributed by atoms with E-state index < -0.39 is 0 Å². The molecule has 0 atom stereocenters. The Morgan fingerprint density at radius 1 is 1.20 bits per heavy atom. The van der Waals surface area contributed by atoms with Crippen LogP contribution in [0.3, 0.4) is 0 Å². The molecule has 5 heteroatoms. The Bertz CT molecular complexity index is 727. The van der Waals surface area contributed by atoms with Gasteiger partial charge in [-0.2, -0.15) is 0 Å². The number of benzene rings is 1. The van der Waals surface area contributed by atoms with Gasteiger partial charge in [0.25, 0.3) is 0 Å². The predicted molar refractivity (Wildman–Crippen MR) is 87.2 cm³/mol. The maximum atomic E-state index is 4.61. The third-order valence-corrected chi connectivity index (χ3v) is 4.70. The van der Waals surface area contributed by atoms with Crippen LogP contribution in [0.4, 0.5) is 0 Å². The van der Waals surface area contributed by atoms with Crippen molar-refractivity contribution in [2.24, 2.45) is 0 Å². The van der Waals surface area contributed by atoms with E-state index in [4.69, 9.17) is 0 Å². The van der Waals surface area contributed by atoms with Crippen molar-refractivity contribution in [1.29, 1.82) is 0 Å². The van der Waals surface area contributed by atoms with Crippen LogP contribution in [0.25, 0.3) is 4.96 Å². The molecule has 0 unspecified atom stereocenters. The highest BCUT2D eigenvalue weighted by Gasteiger charge is 2.10. The fraction of sp³-hybridized carbons (Fsp3) is 0.267. The van der Waals surface area contributed by atoms with Crippen molar-refractivity contribution in [3.8, 4) is 0 Å². The number of hydrogen-bond acceptors (Lipinski definition) is 3. The van der Waals surface area contributed by atoms with E-state index in [1.807, 2.05) is 0 Å². The zero-order valence-electron chi connectivity index (χ0n) is 11.5. The number of nitrogens with one attached hydrogen (secondary N) is 1. The van der Waals surface area contributed by atoms with Crippen LogP contribution in [0.5, 0.6) is 0 Å². The molecule has 0 fully saturated rings. The van der Waals surface area contributed by atoms with E-state index in [9.17, 15) is 0 Å². The van der Waals surface area contributed by atoms with Crippen molar-refractivity contribution in [1.82, 2.24) is 14.7 Å². The van der Waals surface area contributed by atoms with Crippen molar-refractivity contribution in [2.75, 3.05) is 0 Å². The maximum absolute atomic E-state index is 4.61. The number of hydrogen-bond donors (Lipinski definition) is 1. The number of nitrogens with zero attached hydrogens (tertiary/aromatic N) is 2. The molecule has 2 aromatic heterocycles. The van der Waals surface area contributed by atoms with Crippen LogP contribution in [0.15, 0.2) is 34.9 Å². The average molecular weight is 350 g/mol. The Morgan fingerprint density at radius 2 is 1.95 bits per heavy atom. The minimum Gasteiger partial charge on any atom is -0.307 e. The summed E-state index contributed by atoms with van der Waals surface area (Å²) in [5.74, 6) is 0. The first-order chi connectivity index (χ1) is 9.63. The summed E-state index contributed by atoms with van der Waals surface area (Å²) < 4.78 is 3.31. The van der Waals surface area contributed by atoms with Gasteiger partial charge in [0.1, 0.15) is 0 Å². The average Bonchev–Trinajstić information content (AvgIpc) is 2.89. The first-order valence-corrected chi connectivity index (χ1v) is 8.13. The molecule has 104 valence electrons. The maximum Gasteiger partial charge on any atom is 0.194 e. The highest BCUT2D eigenvalue weighted by Crippen LogP contribution is 2.20. The number of halogens is 1. The topological polar surface area (TPSA) is 29.3 Å². The first kappa shape index (κ1) is 13.8. The van der Waals surface area contributed by atoms with Crippen LogP contribution in [0.2, 0.25) is 0 Å². The molecule has 0 spiro atoms. The fourth-order valence-electron chi connectivity index (χ4n) is 2.25. The number of aromatic nitrogens is 2. The Kier molecular flexibility index (Phi) is 3.92. The summed E-state index contributed by atoms with van der Waals surface area (Å²) in [4.78, 5) is 6.98. The minimum atomic E-state index is 0.833. The van der Waals surface area contributed by atoms with Crippen molar-refractivity contribution in [3.63, 3.8) is 0 Å². The fourth-order valence-corrected chi connectivity index (χ4v) is 3.40. The smallest absolute Gasteiger partial charge is 0.194 e. The van der Waals surface area contributed by atoms with Gasteiger partial charge in [-0.1, -0.05) is 28.1 Å². The van der Waals surface area contributed by atoms with E-state index in [1.165, 1.54) is 16.1 Å². The second kappa shape index (κ2) is 5.68. The summed E-state index contributed by atoms with van der Waals surface area (Å²) in [6.45, 7) is 5.89. The lowest BCUT2D eigenvalue weighted by Crippen LogP contribution is -2.14. The van der Waals surface area contributed by atoms with Gasteiger partial charge in [0.2, 0.25) is 0 Å². The Balaban J connectivity index is 1.70. The molecule has 20 heavy (non-hydrogen) atoms. The zero-order chi connectivity index (χ0) is 14.1. The Labute approximate surface area is 130 Å². The minimum absolute atomic E-state index is 0.833. The van der Waals surface area contributed by atoms with Crippen LogP contribution >= 0.6 is 27.3 Å². The van der Waals surface area contributed by atoms with Crippen molar-refractivity contribution >= 4 is 32.2 Å². The monoisotopic (exact) mass is 349 g/mol. The molecule has 0 bridgehead atoms. The molecular weight excluding hydrogens is 334 g/mol. The molecule has 3 nitrogen and oxygen atoms in total.